The Balaban J connectivity index is 1.72. The van der Waals surface area contributed by atoms with Crippen LogP contribution in [0.5, 0.6) is 0 Å². The number of thiophene rings is 1. The molecular formula is C18H19N3OS2. The molecule has 0 spiro atoms. The van der Waals surface area contributed by atoms with E-state index in [4.69, 9.17) is 0 Å². The molecule has 0 bridgehead atoms. The number of nitriles is 1. The van der Waals surface area contributed by atoms with Crippen molar-refractivity contribution in [1.82, 2.24) is 10.3 Å². The molecule has 4 nitrogen and oxygen atoms in total. The van der Waals surface area contributed by atoms with Gasteiger partial charge in [0, 0.05) is 10.6 Å². The molecule has 124 valence electrons. The number of carbonyl (C=O) groups excluding carboxylic acids is 1. The van der Waals surface area contributed by atoms with Crippen LogP contribution in [0.15, 0.2) is 22.5 Å². The van der Waals surface area contributed by atoms with Crippen LogP contribution < -0.4 is 5.32 Å². The van der Waals surface area contributed by atoms with Gasteiger partial charge in [-0.05, 0) is 55.7 Å². The van der Waals surface area contributed by atoms with Gasteiger partial charge in [0.1, 0.15) is 11.1 Å². The first-order valence-corrected chi connectivity index (χ1v) is 9.75. The quantitative estimate of drug-likeness (QED) is 0.830. The summed E-state index contributed by atoms with van der Waals surface area (Å²) in [5.74, 6) is -0.0303. The molecular weight excluding hydrogens is 338 g/mol. The van der Waals surface area contributed by atoms with Crippen molar-refractivity contribution in [2.75, 3.05) is 0 Å². The summed E-state index contributed by atoms with van der Waals surface area (Å²) in [5, 5.41) is 14.9. The zero-order chi connectivity index (χ0) is 17.1. The molecule has 0 saturated heterocycles. The predicted molar refractivity (Wildman–Crippen MR) is 97.2 cm³/mol. The van der Waals surface area contributed by atoms with Gasteiger partial charge in [-0.1, -0.05) is 17.8 Å². The number of aromatic nitrogens is 1. The first-order chi connectivity index (χ1) is 11.6. The standard InChI is InChI=1S/C18H19N3OS2/c1-11-14-6-3-7-16(14)21-18(15(11)9-19)24-12(2)17(22)20-10-13-5-4-8-23-13/h4-5,8,12H,3,6-7,10H2,1-2H3,(H,20,22)/t12-/m0/s1. The number of amides is 1. The minimum atomic E-state index is -0.289. The van der Waals surface area contributed by atoms with Gasteiger partial charge in [0.25, 0.3) is 0 Å². The molecule has 2 heterocycles. The Morgan fingerprint density at radius 2 is 2.38 bits per heavy atom. The molecule has 1 N–H and O–H groups in total. The van der Waals surface area contributed by atoms with Gasteiger partial charge in [0.2, 0.25) is 5.91 Å². The Morgan fingerprint density at radius 1 is 1.54 bits per heavy atom. The number of thioether (sulfide) groups is 1. The van der Waals surface area contributed by atoms with Crippen molar-refractivity contribution >= 4 is 29.0 Å². The van der Waals surface area contributed by atoms with Crippen molar-refractivity contribution in [2.24, 2.45) is 0 Å². The summed E-state index contributed by atoms with van der Waals surface area (Å²) in [6.45, 7) is 4.40. The number of nitrogens with one attached hydrogen (secondary N) is 1. The maximum Gasteiger partial charge on any atom is 0.233 e. The Labute approximate surface area is 150 Å². The van der Waals surface area contributed by atoms with Crippen LogP contribution in [0.25, 0.3) is 0 Å². The molecule has 0 aliphatic heterocycles. The number of carbonyl (C=O) groups is 1. The molecule has 6 heteroatoms. The fourth-order valence-corrected chi connectivity index (χ4v) is 4.56. The second-order valence-electron chi connectivity index (χ2n) is 5.86. The lowest BCUT2D eigenvalue weighted by Gasteiger charge is -2.15. The smallest absolute Gasteiger partial charge is 0.233 e. The summed E-state index contributed by atoms with van der Waals surface area (Å²) in [5.41, 5.74) is 3.98. The number of fused-ring (bicyclic) bond motifs is 1. The molecule has 0 radical (unpaired) electrons. The van der Waals surface area contributed by atoms with Crippen molar-refractivity contribution < 1.29 is 4.79 Å². The highest BCUT2D eigenvalue weighted by molar-refractivity contribution is 8.00. The molecule has 3 rings (SSSR count). The number of pyridine rings is 1. The molecule has 0 unspecified atom stereocenters. The summed E-state index contributed by atoms with van der Waals surface area (Å²) >= 11 is 3.00. The maximum atomic E-state index is 12.3. The number of nitrogens with zero attached hydrogens (tertiary/aromatic N) is 2. The summed E-state index contributed by atoms with van der Waals surface area (Å²) in [7, 11) is 0. The lowest BCUT2D eigenvalue weighted by Crippen LogP contribution is -2.30. The molecule has 24 heavy (non-hydrogen) atoms. The van der Waals surface area contributed by atoms with Gasteiger partial charge < -0.3 is 5.32 Å². The monoisotopic (exact) mass is 357 g/mol. The molecule has 1 atom stereocenters. The molecule has 1 aliphatic carbocycles. The summed E-state index contributed by atoms with van der Waals surface area (Å²) in [6, 6.07) is 6.25. The summed E-state index contributed by atoms with van der Waals surface area (Å²) in [6.07, 6.45) is 3.07. The lowest BCUT2D eigenvalue weighted by molar-refractivity contribution is -0.120. The van der Waals surface area contributed by atoms with Crippen LogP contribution in [-0.4, -0.2) is 16.1 Å². The van der Waals surface area contributed by atoms with E-state index >= 15 is 0 Å². The third kappa shape index (κ3) is 3.47. The van der Waals surface area contributed by atoms with Gasteiger partial charge in [-0.25, -0.2) is 4.98 Å². The second kappa shape index (κ2) is 7.37. The second-order valence-corrected chi connectivity index (χ2v) is 8.23. The van der Waals surface area contributed by atoms with Gasteiger partial charge >= 0.3 is 0 Å². The molecule has 1 amide bonds. The van der Waals surface area contributed by atoms with Crippen LogP contribution >= 0.6 is 23.1 Å². The zero-order valence-corrected chi connectivity index (χ0v) is 15.4. The fraction of sp³-hybridized carbons (Fsp3) is 0.389. The van der Waals surface area contributed by atoms with E-state index in [9.17, 15) is 10.1 Å². The molecule has 0 saturated carbocycles. The molecule has 2 aromatic rings. The number of hydrogen-bond donors (Lipinski definition) is 1. The van der Waals surface area contributed by atoms with E-state index in [0.717, 1.165) is 35.4 Å². The predicted octanol–water partition coefficient (Wildman–Crippen LogP) is 3.61. The average molecular weight is 358 g/mol. The van der Waals surface area contributed by atoms with Crippen LogP contribution in [0.3, 0.4) is 0 Å². The highest BCUT2D eigenvalue weighted by Gasteiger charge is 2.23. The first-order valence-electron chi connectivity index (χ1n) is 7.99. The topological polar surface area (TPSA) is 65.8 Å². The minimum absolute atomic E-state index is 0.0303. The SMILES string of the molecule is Cc1c(C#N)c(S[C@@H](C)C(=O)NCc2cccs2)nc2c1CCC2. The van der Waals surface area contributed by atoms with E-state index in [2.05, 4.69) is 16.4 Å². The van der Waals surface area contributed by atoms with Crippen LogP contribution in [0.4, 0.5) is 0 Å². The zero-order valence-electron chi connectivity index (χ0n) is 13.8. The molecule has 2 aromatic heterocycles. The van der Waals surface area contributed by atoms with E-state index in [1.807, 2.05) is 31.4 Å². The van der Waals surface area contributed by atoms with E-state index in [1.54, 1.807) is 11.3 Å². The fourth-order valence-electron chi connectivity index (χ4n) is 2.91. The molecule has 0 aromatic carbocycles. The Kier molecular flexibility index (Phi) is 5.22. The van der Waals surface area contributed by atoms with Crippen LogP contribution in [0.2, 0.25) is 0 Å². The van der Waals surface area contributed by atoms with Gasteiger partial charge in [-0.15, -0.1) is 11.3 Å². The van der Waals surface area contributed by atoms with Crippen LogP contribution in [-0.2, 0) is 24.2 Å². The Morgan fingerprint density at radius 3 is 3.08 bits per heavy atom. The Hall–Kier alpha value is -1.84. The van der Waals surface area contributed by atoms with Crippen molar-refractivity contribution in [1.29, 1.82) is 5.26 Å². The first kappa shape index (κ1) is 17.0. The minimum Gasteiger partial charge on any atom is -0.350 e. The maximum absolute atomic E-state index is 12.3. The van der Waals surface area contributed by atoms with E-state index in [1.165, 1.54) is 17.3 Å². The van der Waals surface area contributed by atoms with Gasteiger partial charge in [-0.3, -0.25) is 4.79 Å². The van der Waals surface area contributed by atoms with E-state index in [-0.39, 0.29) is 11.2 Å². The van der Waals surface area contributed by atoms with E-state index in [0.29, 0.717) is 17.1 Å². The van der Waals surface area contributed by atoms with Crippen molar-refractivity contribution in [3.05, 3.63) is 44.8 Å². The van der Waals surface area contributed by atoms with Crippen LogP contribution in [0.1, 0.15) is 40.6 Å². The van der Waals surface area contributed by atoms with E-state index < -0.39 is 0 Å². The summed E-state index contributed by atoms with van der Waals surface area (Å²) < 4.78 is 0. The molecule has 1 aliphatic rings. The number of rotatable bonds is 5. The largest absolute Gasteiger partial charge is 0.350 e. The summed E-state index contributed by atoms with van der Waals surface area (Å²) in [4.78, 5) is 18.1. The average Bonchev–Trinajstić information content (AvgIpc) is 3.24. The number of aryl methyl sites for hydroxylation is 1. The van der Waals surface area contributed by atoms with Crippen molar-refractivity contribution in [3.8, 4) is 6.07 Å². The van der Waals surface area contributed by atoms with Gasteiger partial charge in [0.15, 0.2) is 0 Å². The van der Waals surface area contributed by atoms with Crippen LogP contribution in [0, 0.1) is 18.3 Å². The third-order valence-corrected chi connectivity index (χ3v) is 6.22. The van der Waals surface area contributed by atoms with Gasteiger partial charge in [-0.2, -0.15) is 5.26 Å². The highest BCUT2D eigenvalue weighted by Crippen LogP contribution is 2.33. The number of hydrogen-bond acceptors (Lipinski definition) is 5. The normalized spacial score (nSPS) is 14.0. The highest BCUT2D eigenvalue weighted by atomic mass is 32.2. The van der Waals surface area contributed by atoms with Gasteiger partial charge in [0.05, 0.1) is 17.4 Å². The lowest BCUT2D eigenvalue weighted by atomic mass is 10.0. The Bertz CT molecular complexity index is 794. The molecule has 0 fully saturated rings. The third-order valence-electron chi connectivity index (χ3n) is 4.25. The van der Waals surface area contributed by atoms with Crippen molar-refractivity contribution in [2.45, 2.75) is 49.9 Å². The van der Waals surface area contributed by atoms with Crippen molar-refractivity contribution in [3.63, 3.8) is 0 Å².